The standard InChI is InChI=1S/C9H19N3O3S/c1-2-3-11-9(13)12-4-5-16(14,15)8(6-10)7-12/h8H,2-7,10H2,1H3,(H,11,13). The van der Waals surface area contributed by atoms with Gasteiger partial charge in [0.05, 0.1) is 11.0 Å². The van der Waals surface area contributed by atoms with Crippen molar-refractivity contribution in [3.05, 3.63) is 0 Å². The fourth-order valence-electron chi connectivity index (χ4n) is 1.60. The van der Waals surface area contributed by atoms with Crippen molar-refractivity contribution in [2.75, 3.05) is 31.9 Å². The Labute approximate surface area is 96.1 Å². The summed E-state index contributed by atoms with van der Waals surface area (Å²) in [5, 5.41) is 2.11. The van der Waals surface area contributed by atoms with Crippen LogP contribution in [0.1, 0.15) is 13.3 Å². The van der Waals surface area contributed by atoms with Gasteiger partial charge in [-0.15, -0.1) is 0 Å². The number of nitrogens with one attached hydrogen (secondary N) is 1. The van der Waals surface area contributed by atoms with Crippen LogP contribution < -0.4 is 11.1 Å². The van der Waals surface area contributed by atoms with E-state index in [1.807, 2.05) is 6.92 Å². The Hall–Kier alpha value is -0.820. The molecule has 0 saturated carbocycles. The predicted molar refractivity (Wildman–Crippen MR) is 61.9 cm³/mol. The molecule has 1 rings (SSSR count). The van der Waals surface area contributed by atoms with Crippen LogP contribution in [0.3, 0.4) is 0 Å². The average molecular weight is 249 g/mol. The van der Waals surface area contributed by atoms with Crippen molar-refractivity contribution in [1.29, 1.82) is 0 Å². The molecule has 0 spiro atoms. The van der Waals surface area contributed by atoms with Crippen LogP contribution in [0.15, 0.2) is 0 Å². The lowest BCUT2D eigenvalue weighted by atomic mass is 10.3. The first-order valence-corrected chi connectivity index (χ1v) is 7.17. The predicted octanol–water partition coefficient (Wildman–Crippen LogP) is -0.836. The summed E-state index contributed by atoms with van der Waals surface area (Å²) in [5.74, 6) is 0.00834. The summed E-state index contributed by atoms with van der Waals surface area (Å²) >= 11 is 0. The third-order valence-corrected chi connectivity index (χ3v) is 4.76. The van der Waals surface area contributed by atoms with Crippen LogP contribution in [-0.2, 0) is 9.84 Å². The number of hydrogen-bond acceptors (Lipinski definition) is 4. The Morgan fingerprint density at radius 3 is 2.81 bits per heavy atom. The lowest BCUT2D eigenvalue weighted by Crippen LogP contribution is -2.54. The second-order valence-electron chi connectivity index (χ2n) is 3.90. The molecule has 1 aliphatic heterocycles. The van der Waals surface area contributed by atoms with Crippen LogP contribution in [0.25, 0.3) is 0 Å². The number of amides is 2. The molecule has 1 heterocycles. The van der Waals surface area contributed by atoms with Crippen molar-refractivity contribution in [3.8, 4) is 0 Å². The van der Waals surface area contributed by atoms with E-state index in [9.17, 15) is 13.2 Å². The Morgan fingerprint density at radius 2 is 2.25 bits per heavy atom. The Bertz CT molecular complexity index is 342. The highest BCUT2D eigenvalue weighted by Crippen LogP contribution is 2.11. The average Bonchev–Trinajstić information content (AvgIpc) is 2.25. The fourth-order valence-corrected chi connectivity index (χ4v) is 3.11. The van der Waals surface area contributed by atoms with E-state index in [-0.39, 0.29) is 31.4 Å². The van der Waals surface area contributed by atoms with Crippen molar-refractivity contribution in [1.82, 2.24) is 10.2 Å². The topological polar surface area (TPSA) is 92.5 Å². The van der Waals surface area contributed by atoms with Gasteiger partial charge in [-0.1, -0.05) is 6.92 Å². The SMILES string of the molecule is CCCNC(=O)N1CCS(=O)(=O)C(CN)C1. The zero-order valence-electron chi connectivity index (χ0n) is 9.48. The second kappa shape index (κ2) is 5.49. The summed E-state index contributed by atoms with van der Waals surface area (Å²) in [7, 11) is -3.11. The van der Waals surface area contributed by atoms with Crippen LogP contribution in [0.4, 0.5) is 4.79 Å². The highest BCUT2D eigenvalue weighted by Gasteiger charge is 2.33. The van der Waals surface area contributed by atoms with Crippen molar-refractivity contribution in [2.24, 2.45) is 5.73 Å². The number of nitrogens with two attached hydrogens (primary N) is 1. The summed E-state index contributed by atoms with van der Waals surface area (Å²) in [6, 6.07) is -0.199. The van der Waals surface area contributed by atoms with E-state index in [1.165, 1.54) is 4.90 Å². The summed E-state index contributed by atoms with van der Waals surface area (Å²) < 4.78 is 23.1. The number of carbonyl (C=O) groups is 1. The molecule has 0 aromatic carbocycles. The molecule has 0 aliphatic carbocycles. The number of rotatable bonds is 3. The number of nitrogens with zero attached hydrogens (tertiary/aromatic N) is 1. The van der Waals surface area contributed by atoms with E-state index in [4.69, 9.17) is 5.73 Å². The first-order valence-electron chi connectivity index (χ1n) is 5.45. The van der Waals surface area contributed by atoms with E-state index in [2.05, 4.69) is 5.32 Å². The Morgan fingerprint density at radius 1 is 1.56 bits per heavy atom. The summed E-state index contributed by atoms with van der Waals surface area (Å²) in [6.07, 6.45) is 0.859. The van der Waals surface area contributed by atoms with E-state index in [0.717, 1.165) is 6.42 Å². The minimum Gasteiger partial charge on any atom is -0.338 e. The zero-order valence-corrected chi connectivity index (χ0v) is 10.3. The Kier molecular flexibility index (Phi) is 4.55. The number of urea groups is 1. The van der Waals surface area contributed by atoms with E-state index < -0.39 is 15.1 Å². The van der Waals surface area contributed by atoms with E-state index in [0.29, 0.717) is 6.54 Å². The lowest BCUT2D eigenvalue weighted by Gasteiger charge is -2.31. The van der Waals surface area contributed by atoms with Gasteiger partial charge in [0, 0.05) is 26.2 Å². The van der Waals surface area contributed by atoms with Crippen molar-refractivity contribution in [3.63, 3.8) is 0 Å². The highest BCUT2D eigenvalue weighted by atomic mass is 32.2. The van der Waals surface area contributed by atoms with Crippen LogP contribution in [0.2, 0.25) is 0 Å². The van der Waals surface area contributed by atoms with Gasteiger partial charge < -0.3 is 16.0 Å². The molecule has 94 valence electrons. The molecule has 1 aliphatic rings. The quantitative estimate of drug-likeness (QED) is 0.682. The summed E-state index contributed by atoms with van der Waals surface area (Å²) in [6.45, 7) is 3.10. The maximum Gasteiger partial charge on any atom is 0.317 e. The lowest BCUT2D eigenvalue weighted by molar-refractivity contribution is 0.198. The van der Waals surface area contributed by atoms with Gasteiger partial charge in [0.1, 0.15) is 0 Å². The molecule has 16 heavy (non-hydrogen) atoms. The molecule has 6 nitrogen and oxygen atoms in total. The minimum absolute atomic E-state index is 0.00834. The van der Waals surface area contributed by atoms with Crippen molar-refractivity contribution >= 4 is 15.9 Å². The van der Waals surface area contributed by atoms with Crippen LogP contribution in [0.5, 0.6) is 0 Å². The molecule has 0 radical (unpaired) electrons. The summed E-state index contributed by atoms with van der Waals surface area (Å²) in [4.78, 5) is 13.1. The van der Waals surface area contributed by atoms with Crippen LogP contribution >= 0.6 is 0 Å². The molecular formula is C9H19N3O3S. The number of hydrogen-bond donors (Lipinski definition) is 2. The van der Waals surface area contributed by atoms with Gasteiger partial charge in [0.15, 0.2) is 9.84 Å². The molecule has 3 N–H and O–H groups in total. The van der Waals surface area contributed by atoms with Gasteiger partial charge in [-0.3, -0.25) is 0 Å². The fraction of sp³-hybridized carbons (Fsp3) is 0.889. The second-order valence-corrected chi connectivity index (χ2v) is 6.30. The zero-order chi connectivity index (χ0) is 12.2. The number of carbonyl (C=O) groups excluding carboxylic acids is 1. The Balaban J connectivity index is 2.57. The molecule has 1 atom stereocenters. The minimum atomic E-state index is -3.11. The maximum absolute atomic E-state index is 11.6. The van der Waals surface area contributed by atoms with Gasteiger partial charge in [0.2, 0.25) is 0 Å². The van der Waals surface area contributed by atoms with E-state index >= 15 is 0 Å². The largest absolute Gasteiger partial charge is 0.338 e. The molecule has 1 fully saturated rings. The van der Waals surface area contributed by atoms with E-state index in [1.54, 1.807) is 0 Å². The molecular weight excluding hydrogens is 230 g/mol. The first-order chi connectivity index (χ1) is 7.51. The van der Waals surface area contributed by atoms with Crippen LogP contribution in [0, 0.1) is 0 Å². The monoisotopic (exact) mass is 249 g/mol. The number of sulfone groups is 1. The molecule has 1 unspecified atom stereocenters. The van der Waals surface area contributed by atoms with Gasteiger partial charge in [-0.05, 0) is 6.42 Å². The molecule has 1 saturated heterocycles. The van der Waals surface area contributed by atoms with Gasteiger partial charge in [-0.25, -0.2) is 13.2 Å². The smallest absolute Gasteiger partial charge is 0.317 e. The maximum atomic E-state index is 11.6. The first kappa shape index (κ1) is 13.2. The van der Waals surface area contributed by atoms with Crippen molar-refractivity contribution < 1.29 is 13.2 Å². The van der Waals surface area contributed by atoms with Gasteiger partial charge in [-0.2, -0.15) is 0 Å². The molecule has 7 heteroatoms. The molecule has 0 aromatic rings. The third kappa shape index (κ3) is 3.08. The molecule has 2 amide bonds. The molecule has 0 bridgehead atoms. The van der Waals surface area contributed by atoms with Gasteiger partial charge >= 0.3 is 6.03 Å². The van der Waals surface area contributed by atoms with Crippen molar-refractivity contribution in [2.45, 2.75) is 18.6 Å². The summed E-state index contributed by atoms with van der Waals surface area (Å²) in [5.41, 5.74) is 5.40. The normalized spacial score (nSPS) is 24.1. The highest BCUT2D eigenvalue weighted by molar-refractivity contribution is 7.92. The third-order valence-electron chi connectivity index (χ3n) is 2.65. The molecule has 0 aromatic heterocycles. The van der Waals surface area contributed by atoms with Crippen LogP contribution in [-0.4, -0.2) is 56.5 Å². The van der Waals surface area contributed by atoms with Gasteiger partial charge in [0.25, 0.3) is 0 Å².